The molecule has 0 N–H and O–H groups in total. The van der Waals surface area contributed by atoms with Crippen molar-refractivity contribution in [2.45, 2.75) is 225 Å². The summed E-state index contributed by atoms with van der Waals surface area (Å²) in [4.78, 5) is 0. The van der Waals surface area contributed by atoms with Crippen molar-refractivity contribution >= 4 is 143 Å². The van der Waals surface area contributed by atoms with Crippen LogP contribution in [0.15, 0.2) is 40.1 Å². The molecule has 374 valence electrons. The topological polar surface area (TPSA) is 0 Å². The molecule has 10 heteroatoms. The van der Waals surface area contributed by atoms with Gasteiger partial charge < -0.3 is 0 Å². The molecule has 0 nitrogen and oxygen atoms in total. The monoisotopic (exact) mass is 1070 g/mol. The minimum absolute atomic E-state index is 0.370. The summed E-state index contributed by atoms with van der Waals surface area (Å²) >= 11 is 0. The molecule has 0 radical (unpaired) electrons. The Hall–Kier alpha value is -0.691. The van der Waals surface area contributed by atoms with Crippen LogP contribution in [0.25, 0.3) is 0 Å². The van der Waals surface area contributed by atoms with E-state index in [2.05, 4.69) is 243 Å². The maximum Gasteiger partial charge on any atom is 0.175 e. The van der Waals surface area contributed by atoms with Gasteiger partial charge in [-0.15, -0.1) is 0 Å². The minimum Gasteiger partial charge on any atom is -0.0656 e. The van der Waals surface area contributed by atoms with E-state index in [1.807, 2.05) is 51.9 Å². The van der Waals surface area contributed by atoms with Crippen LogP contribution in [0.3, 0.4) is 0 Å². The van der Waals surface area contributed by atoms with E-state index in [0.717, 1.165) is 0 Å². The SMILES string of the molecule is CC1=C(C)C(C)C([Si](c2c([Si](C)(C)C)cc([Si](C)(C)C)c(C)c2[Si](C)(C)C)(c2c([Si](C)(C)C)cc([Si](C)(C)C)c(C)c2[Si](C)(C)C)c2c([Si](C)(C)C)cc([Si](C)(C)C)c(C)c2[Si](C)(C)C)=C1C. The maximum atomic E-state index is 2.97. The van der Waals surface area contributed by atoms with Crippen LogP contribution < -0.4 is 62.2 Å². The Bertz CT molecular complexity index is 2280. The molecule has 0 spiro atoms. The van der Waals surface area contributed by atoms with E-state index in [0.29, 0.717) is 5.92 Å². The predicted molar refractivity (Wildman–Crippen MR) is 345 cm³/mol. The van der Waals surface area contributed by atoms with E-state index in [1.54, 1.807) is 49.0 Å². The molecule has 3 aromatic rings. The summed E-state index contributed by atoms with van der Waals surface area (Å²) in [7, 11) is -21.3. The van der Waals surface area contributed by atoms with Crippen LogP contribution in [-0.4, -0.2) is 80.7 Å². The number of benzene rings is 3. The Kier molecular flexibility index (Phi) is 15.9. The summed E-state index contributed by atoms with van der Waals surface area (Å²) < 4.78 is 0. The van der Waals surface area contributed by atoms with E-state index in [-0.39, 0.29) is 0 Å². The largest absolute Gasteiger partial charge is 0.175 e. The quantitative estimate of drug-likeness (QED) is 0.118. The Morgan fingerprint density at radius 2 is 0.478 bits per heavy atom. The summed E-state index contributed by atoms with van der Waals surface area (Å²) in [5, 5.41) is 24.0. The van der Waals surface area contributed by atoms with Crippen LogP contribution in [-0.2, 0) is 0 Å². The van der Waals surface area contributed by atoms with Crippen molar-refractivity contribution in [2.24, 2.45) is 5.92 Å². The lowest BCUT2D eigenvalue weighted by atomic mass is 10.1. The second kappa shape index (κ2) is 18.1. The number of hydrogen-bond acceptors (Lipinski definition) is 0. The summed E-state index contributed by atoms with van der Waals surface area (Å²) in [5.74, 6) is 0.370. The van der Waals surface area contributed by atoms with Gasteiger partial charge in [0.2, 0.25) is 0 Å². The van der Waals surface area contributed by atoms with E-state index >= 15 is 0 Å². The molecule has 0 saturated heterocycles. The third-order valence-electron chi connectivity index (χ3n) is 16.0. The summed E-state index contributed by atoms with van der Waals surface area (Å²) in [5.41, 5.74) is 9.93. The molecular weight excluding hydrogens is 965 g/mol. The van der Waals surface area contributed by atoms with Gasteiger partial charge in [-0.05, 0) is 68.6 Å². The Morgan fingerprint density at radius 1 is 0.269 bits per heavy atom. The fourth-order valence-corrected chi connectivity index (χ4v) is 47.1. The zero-order valence-electron chi connectivity index (χ0n) is 50.8. The normalized spacial score (nSPS) is 16.8. The lowest BCUT2D eigenvalue weighted by molar-refractivity contribution is 0.852. The van der Waals surface area contributed by atoms with Gasteiger partial charge >= 0.3 is 0 Å². The number of rotatable bonds is 13. The summed E-state index contributed by atoms with van der Waals surface area (Å²) in [6.07, 6.45) is 0. The highest BCUT2D eigenvalue weighted by Crippen LogP contribution is 2.42. The highest BCUT2D eigenvalue weighted by molar-refractivity contribution is 7.28. The number of hydrogen-bond donors (Lipinski definition) is 0. The summed E-state index contributed by atoms with van der Waals surface area (Å²) in [6.45, 7) is 92.0. The van der Waals surface area contributed by atoms with Crippen LogP contribution >= 0.6 is 0 Å². The van der Waals surface area contributed by atoms with Crippen LogP contribution in [0, 0.1) is 26.7 Å². The molecule has 0 aliphatic heterocycles. The standard InChI is InChI=1S/C57H106Si10/c1-38-39(2)41(4)51(40(38)3)67(55-48(61(17,18)19)35-45(58(8,9)10)42(5)52(55)64(26,27)28,56-49(62(20,21)22)36-46(59(11,12)13)43(6)53(56)65(29,30)31)57-50(63(23,24)25)37-47(60(14,15)16)44(7)54(57)66(32,33)34/h35-37,40H,1-34H3. The maximum absolute atomic E-state index is 3.37. The molecule has 1 aliphatic rings. The first-order valence-electron chi connectivity index (χ1n) is 26.4. The predicted octanol–water partition coefficient (Wildman–Crippen LogP) is 10.8. The van der Waals surface area contributed by atoms with Gasteiger partial charge in [0, 0.05) is 0 Å². The van der Waals surface area contributed by atoms with Crippen LogP contribution in [0.2, 0.25) is 177 Å². The lowest BCUT2D eigenvalue weighted by Crippen LogP contribution is -2.91. The first-order chi connectivity index (χ1) is 29.4. The van der Waals surface area contributed by atoms with Crippen molar-refractivity contribution in [2.75, 3.05) is 0 Å². The minimum atomic E-state index is -3.37. The second-order valence-electron chi connectivity index (χ2n) is 31.1. The van der Waals surface area contributed by atoms with Crippen LogP contribution in [0.4, 0.5) is 0 Å². The Balaban J connectivity index is 3.07. The van der Waals surface area contributed by atoms with Gasteiger partial charge in [0.1, 0.15) is 0 Å². The molecule has 1 unspecified atom stereocenters. The first kappa shape index (κ1) is 58.9. The molecule has 0 fully saturated rings. The Labute approximate surface area is 427 Å². The third-order valence-corrected chi connectivity index (χ3v) is 41.8. The smallest absolute Gasteiger partial charge is 0.0656 e. The first-order valence-corrected chi connectivity index (χ1v) is 59.9. The van der Waals surface area contributed by atoms with Crippen LogP contribution in [0.1, 0.15) is 44.4 Å². The molecule has 67 heavy (non-hydrogen) atoms. The number of allylic oxidation sites excluding steroid dienone is 4. The fraction of sp³-hybridized carbons (Fsp3) is 0.614. The average molecular weight is 1070 g/mol. The van der Waals surface area contributed by atoms with Gasteiger partial charge in [-0.2, -0.15) is 0 Å². The fourth-order valence-electron chi connectivity index (χ4n) is 13.2. The van der Waals surface area contributed by atoms with Gasteiger partial charge in [0.25, 0.3) is 0 Å². The molecular formula is C57H106Si10. The van der Waals surface area contributed by atoms with Gasteiger partial charge in [0.15, 0.2) is 8.07 Å². The molecule has 0 saturated carbocycles. The zero-order valence-corrected chi connectivity index (χ0v) is 60.8. The van der Waals surface area contributed by atoms with E-state index in [4.69, 9.17) is 0 Å². The molecule has 0 aromatic heterocycles. The van der Waals surface area contributed by atoms with Crippen molar-refractivity contribution in [1.29, 1.82) is 0 Å². The van der Waals surface area contributed by atoms with E-state index in [1.165, 1.54) is 0 Å². The van der Waals surface area contributed by atoms with E-state index in [9.17, 15) is 0 Å². The second-order valence-corrected chi connectivity index (χ2v) is 79.9. The highest BCUT2D eigenvalue weighted by atomic mass is 28.4. The molecule has 1 atom stereocenters. The molecule has 1 aliphatic carbocycles. The van der Waals surface area contributed by atoms with Gasteiger partial charge in [-0.1, -0.05) is 282 Å². The van der Waals surface area contributed by atoms with Gasteiger partial charge in [-0.25, -0.2) is 0 Å². The molecule has 0 bridgehead atoms. The van der Waals surface area contributed by atoms with Crippen LogP contribution in [0.5, 0.6) is 0 Å². The summed E-state index contributed by atoms with van der Waals surface area (Å²) in [6, 6.07) is 8.90. The van der Waals surface area contributed by atoms with E-state index < -0.39 is 80.7 Å². The Morgan fingerprint density at radius 3 is 0.627 bits per heavy atom. The average Bonchev–Trinajstić information content (AvgIpc) is 3.25. The van der Waals surface area contributed by atoms with Gasteiger partial charge in [-0.3, -0.25) is 0 Å². The van der Waals surface area contributed by atoms with Crippen molar-refractivity contribution < 1.29 is 0 Å². The molecule has 0 amide bonds. The van der Waals surface area contributed by atoms with Crippen molar-refractivity contribution in [3.63, 3.8) is 0 Å². The highest BCUT2D eigenvalue weighted by Gasteiger charge is 2.59. The lowest BCUT2D eigenvalue weighted by Gasteiger charge is -2.52. The molecule has 3 aromatic carbocycles. The van der Waals surface area contributed by atoms with Gasteiger partial charge in [0.05, 0.1) is 72.7 Å². The molecule has 4 rings (SSSR count). The zero-order chi connectivity index (χ0) is 52.7. The van der Waals surface area contributed by atoms with Crippen molar-refractivity contribution in [1.82, 2.24) is 0 Å². The molecule has 0 heterocycles. The van der Waals surface area contributed by atoms with Crippen molar-refractivity contribution in [3.05, 3.63) is 56.8 Å². The third kappa shape index (κ3) is 10.6. The van der Waals surface area contributed by atoms with Crippen molar-refractivity contribution in [3.8, 4) is 0 Å².